The molecule has 11 aromatic rings. The van der Waals surface area contributed by atoms with Gasteiger partial charge in [0.15, 0.2) is 17.0 Å². The third-order valence-electron chi connectivity index (χ3n) is 10.1. The Kier molecular flexibility index (Phi) is 6.99. The van der Waals surface area contributed by atoms with E-state index < -0.39 is 0 Å². The van der Waals surface area contributed by atoms with Gasteiger partial charge in [0.05, 0.1) is 11.0 Å². The topological polar surface area (TPSA) is 95.7 Å². The highest BCUT2D eigenvalue weighted by atomic mass is 16.4. The second-order valence-corrected chi connectivity index (χ2v) is 13.4. The molecule has 258 valence electrons. The summed E-state index contributed by atoms with van der Waals surface area (Å²) in [7, 11) is 0. The number of hydrogen-bond acceptors (Lipinski definition) is 7. The standard InChI is InChI=1S/C47H28N6O2/c1-2-8-29(9-3-1)30-14-16-31(17-15-30)34-22-35(45-49-27-48-28-50-45)24-36(23-34)53-41-20-18-32(46-51-39-10-4-6-12-43(39)54-46)25-37(41)38-26-33(19-21-42(38)53)47-52-40-11-5-7-13-44(40)55-47/h1-28H. The summed E-state index contributed by atoms with van der Waals surface area (Å²) < 4.78 is 14.8. The minimum Gasteiger partial charge on any atom is -0.436 e. The van der Waals surface area contributed by atoms with Crippen molar-refractivity contribution in [2.45, 2.75) is 0 Å². The van der Waals surface area contributed by atoms with E-state index in [1.54, 1.807) is 0 Å². The molecular weight excluding hydrogens is 681 g/mol. The van der Waals surface area contributed by atoms with Gasteiger partial charge >= 0.3 is 0 Å². The van der Waals surface area contributed by atoms with Crippen LogP contribution in [0.3, 0.4) is 0 Å². The van der Waals surface area contributed by atoms with Gasteiger partial charge < -0.3 is 13.4 Å². The first-order valence-electron chi connectivity index (χ1n) is 18.0. The van der Waals surface area contributed by atoms with Crippen molar-refractivity contribution in [3.05, 3.63) is 170 Å². The minimum absolute atomic E-state index is 0.567. The van der Waals surface area contributed by atoms with Gasteiger partial charge in [-0.3, -0.25) is 0 Å². The zero-order chi connectivity index (χ0) is 36.3. The maximum Gasteiger partial charge on any atom is 0.227 e. The van der Waals surface area contributed by atoms with Crippen LogP contribution in [0.4, 0.5) is 0 Å². The minimum atomic E-state index is 0.567. The quantitative estimate of drug-likeness (QED) is 0.170. The van der Waals surface area contributed by atoms with E-state index >= 15 is 0 Å². The molecule has 4 heterocycles. The molecule has 0 atom stereocenters. The number of benzene rings is 7. The maximum atomic E-state index is 6.24. The van der Waals surface area contributed by atoms with E-state index in [-0.39, 0.29) is 0 Å². The highest BCUT2D eigenvalue weighted by molar-refractivity contribution is 6.11. The molecule has 8 heteroatoms. The summed E-state index contributed by atoms with van der Waals surface area (Å²) in [6.07, 6.45) is 3.07. The van der Waals surface area contributed by atoms with Crippen molar-refractivity contribution < 1.29 is 8.83 Å². The summed E-state index contributed by atoms with van der Waals surface area (Å²) in [6, 6.07) is 54.0. The first-order valence-corrected chi connectivity index (χ1v) is 18.0. The molecule has 0 radical (unpaired) electrons. The molecule has 0 N–H and O–H groups in total. The lowest BCUT2D eigenvalue weighted by molar-refractivity contribution is 0.619. The van der Waals surface area contributed by atoms with Gasteiger partial charge in [-0.15, -0.1) is 0 Å². The summed E-state index contributed by atoms with van der Waals surface area (Å²) in [5.41, 5.74) is 13.2. The number of hydrogen-bond donors (Lipinski definition) is 0. The Hall–Kier alpha value is -7.71. The SMILES string of the molecule is c1ccc(-c2ccc(-c3cc(-c4ncncn4)cc(-n4c5ccc(-c6nc7ccccc7o6)cc5c5cc(-c6nc7ccccc7o6)ccc54)c3)cc2)cc1. The van der Waals surface area contributed by atoms with E-state index in [2.05, 4.69) is 123 Å². The lowest BCUT2D eigenvalue weighted by Gasteiger charge is -2.14. The molecule has 55 heavy (non-hydrogen) atoms. The zero-order valence-corrected chi connectivity index (χ0v) is 29.2. The Bertz CT molecular complexity index is 3000. The lowest BCUT2D eigenvalue weighted by Crippen LogP contribution is -1.97. The number of rotatable bonds is 6. The summed E-state index contributed by atoms with van der Waals surface area (Å²) in [5, 5.41) is 2.07. The van der Waals surface area contributed by atoms with Crippen LogP contribution in [0.15, 0.2) is 179 Å². The first-order chi connectivity index (χ1) is 27.2. The van der Waals surface area contributed by atoms with E-state index in [9.17, 15) is 0 Å². The van der Waals surface area contributed by atoms with Crippen molar-refractivity contribution in [3.63, 3.8) is 0 Å². The molecule has 0 aliphatic heterocycles. The van der Waals surface area contributed by atoms with E-state index in [4.69, 9.17) is 18.8 Å². The van der Waals surface area contributed by atoms with Crippen LogP contribution in [0.5, 0.6) is 0 Å². The van der Waals surface area contributed by atoms with Crippen LogP contribution >= 0.6 is 0 Å². The fraction of sp³-hybridized carbons (Fsp3) is 0. The van der Waals surface area contributed by atoms with Crippen molar-refractivity contribution in [2.24, 2.45) is 0 Å². The second kappa shape index (κ2) is 12.5. The van der Waals surface area contributed by atoms with Crippen molar-refractivity contribution in [3.8, 4) is 62.2 Å². The van der Waals surface area contributed by atoms with Crippen LogP contribution in [-0.4, -0.2) is 29.5 Å². The first kappa shape index (κ1) is 30.9. The number of fused-ring (bicyclic) bond motifs is 5. The van der Waals surface area contributed by atoms with Gasteiger partial charge in [0.1, 0.15) is 23.7 Å². The average molecular weight is 709 g/mol. The fourth-order valence-electron chi connectivity index (χ4n) is 7.47. The Labute approximate surface area is 314 Å². The number of nitrogens with zero attached hydrogens (tertiary/aromatic N) is 6. The molecule has 8 nitrogen and oxygen atoms in total. The van der Waals surface area contributed by atoms with Gasteiger partial charge in [-0.25, -0.2) is 24.9 Å². The third-order valence-corrected chi connectivity index (χ3v) is 10.1. The predicted molar refractivity (Wildman–Crippen MR) is 216 cm³/mol. The van der Waals surface area contributed by atoms with Gasteiger partial charge in [0, 0.05) is 33.2 Å². The van der Waals surface area contributed by atoms with Crippen molar-refractivity contribution in [1.29, 1.82) is 0 Å². The van der Waals surface area contributed by atoms with Crippen LogP contribution in [-0.2, 0) is 0 Å². The predicted octanol–water partition coefficient (Wildman–Crippen LogP) is 11.6. The third kappa shape index (κ3) is 5.35. The Morgan fingerprint density at radius 1 is 0.400 bits per heavy atom. The molecule has 0 aliphatic carbocycles. The molecule has 4 aromatic heterocycles. The molecule has 0 fully saturated rings. The Morgan fingerprint density at radius 2 is 0.891 bits per heavy atom. The number of oxazole rings is 2. The van der Waals surface area contributed by atoms with Crippen LogP contribution in [0.25, 0.3) is 106 Å². The molecule has 0 bridgehead atoms. The van der Waals surface area contributed by atoms with Crippen molar-refractivity contribution >= 4 is 44.0 Å². The summed E-state index contributed by atoms with van der Waals surface area (Å²) in [5.74, 6) is 1.73. The molecule has 0 saturated heterocycles. The fourth-order valence-corrected chi connectivity index (χ4v) is 7.47. The van der Waals surface area contributed by atoms with E-state index in [1.807, 2.05) is 54.6 Å². The lowest BCUT2D eigenvalue weighted by atomic mass is 9.98. The maximum absolute atomic E-state index is 6.24. The molecule has 0 unspecified atom stereocenters. The van der Waals surface area contributed by atoms with Crippen molar-refractivity contribution in [1.82, 2.24) is 29.5 Å². The molecule has 0 aliphatic rings. The molecule has 11 rings (SSSR count). The van der Waals surface area contributed by atoms with Gasteiger partial charge in [0.2, 0.25) is 11.8 Å². The van der Waals surface area contributed by atoms with E-state index in [1.165, 1.54) is 18.2 Å². The number of aromatic nitrogens is 6. The summed E-state index contributed by atoms with van der Waals surface area (Å²) >= 11 is 0. The van der Waals surface area contributed by atoms with Gasteiger partial charge in [0.25, 0.3) is 0 Å². The second-order valence-electron chi connectivity index (χ2n) is 13.4. The van der Waals surface area contributed by atoms with E-state index in [0.717, 1.165) is 83.1 Å². The van der Waals surface area contributed by atoms with Gasteiger partial charge in [-0.1, -0.05) is 78.9 Å². The normalized spacial score (nSPS) is 11.6. The Morgan fingerprint density at radius 3 is 1.47 bits per heavy atom. The van der Waals surface area contributed by atoms with Crippen LogP contribution < -0.4 is 0 Å². The molecule has 7 aromatic carbocycles. The summed E-state index contributed by atoms with van der Waals surface area (Å²) in [4.78, 5) is 22.8. The molecule has 0 spiro atoms. The van der Waals surface area contributed by atoms with E-state index in [0.29, 0.717) is 17.6 Å². The summed E-state index contributed by atoms with van der Waals surface area (Å²) in [6.45, 7) is 0. The van der Waals surface area contributed by atoms with Crippen LogP contribution in [0, 0.1) is 0 Å². The highest BCUT2D eigenvalue weighted by Crippen LogP contribution is 2.40. The largest absolute Gasteiger partial charge is 0.436 e. The molecular formula is C47H28N6O2. The van der Waals surface area contributed by atoms with Crippen LogP contribution in [0.2, 0.25) is 0 Å². The van der Waals surface area contributed by atoms with Crippen molar-refractivity contribution in [2.75, 3.05) is 0 Å². The smallest absolute Gasteiger partial charge is 0.227 e. The molecule has 0 amide bonds. The zero-order valence-electron chi connectivity index (χ0n) is 29.2. The number of para-hydroxylation sites is 4. The average Bonchev–Trinajstić information content (AvgIpc) is 3.98. The van der Waals surface area contributed by atoms with Crippen LogP contribution in [0.1, 0.15) is 0 Å². The monoisotopic (exact) mass is 708 g/mol. The molecule has 0 saturated carbocycles. The van der Waals surface area contributed by atoms with Gasteiger partial charge in [-0.2, -0.15) is 0 Å². The Balaban J connectivity index is 1.13. The van der Waals surface area contributed by atoms with Gasteiger partial charge in [-0.05, 0) is 101 Å². The highest BCUT2D eigenvalue weighted by Gasteiger charge is 2.19.